The minimum atomic E-state index is 0.409. The van der Waals surface area contributed by atoms with Crippen molar-refractivity contribution in [1.82, 2.24) is 9.88 Å². The molecule has 1 aromatic rings. The van der Waals surface area contributed by atoms with E-state index < -0.39 is 0 Å². The maximum atomic E-state index is 4.87. The predicted molar refractivity (Wildman–Crippen MR) is 102 cm³/mol. The Morgan fingerprint density at radius 2 is 1.88 bits per heavy atom. The van der Waals surface area contributed by atoms with Gasteiger partial charge in [-0.25, -0.2) is 0 Å². The number of hydrogen-bond acceptors (Lipinski definition) is 2. The summed E-state index contributed by atoms with van der Waals surface area (Å²) in [5.41, 5.74) is 8.65. The molecule has 1 aromatic heterocycles. The maximum absolute atomic E-state index is 4.87. The van der Waals surface area contributed by atoms with Gasteiger partial charge in [-0.2, -0.15) is 0 Å². The van der Waals surface area contributed by atoms with Gasteiger partial charge < -0.3 is 4.90 Å². The van der Waals surface area contributed by atoms with Crippen LogP contribution in [0, 0.1) is 11.8 Å². The first-order valence-electron chi connectivity index (χ1n) is 9.52. The third-order valence-electron chi connectivity index (χ3n) is 5.81. The molecule has 3 atom stereocenters. The largest absolute Gasteiger partial charge is 0.351 e. The Bertz CT molecular complexity index is 696. The van der Waals surface area contributed by atoms with E-state index >= 15 is 0 Å². The summed E-state index contributed by atoms with van der Waals surface area (Å²) in [6.07, 6.45) is 6.76. The van der Waals surface area contributed by atoms with E-state index in [0.29, 0.717) is 23.7 Å². The van der Waals surface area contributed by atoms with E-state index in [4.69, 9.17) is 4.98 Å². The van der Waals surface area contributed by atoms with Crippen molar-refractivity contribution in [2.45, 2.75) is 66.2 Å². The molecule has 24 heavy (non-hydrogen) atoms. The molecule has 1 aliphatic carbocycles. The number of pyridine rings is 1. The molecule has 0 radical (unpaired) electrons. The van der Waals surface area contributed by atoms with Crippen LogP contribution in [-0.4, -0.2) is 16.9 Å². The molecule has 0 spiro atoms. The molecule has 2 heterocycles. The standard InChI is InChI=1S/C22H32N2/c1-8-17-11-19-15(5)22-20(16(6)21(19)23-12-17)14(4)10-18(24(22)7)9-13(2)3/h10-16H,8-9H2,1-7H3. The highest BCUT2D eigenvalue weighted by Crippen LogP contribution is 2.49. The van der Waals surface area contributed by atoms with Gasteiger partial charge in [0.15, 0.2) is 0 Å². The minimum absolute atomic E-state index is 0.409. The summed E-state index contributed by atoms with van der Waals surface area (Å²) in [7, 11) is 2.26. The number of aryl methyl sites for hydroxylation is 1. The van der Waals surface area contributed by atoms with Crippen molar-refractivity contribution >= 4 is 0 Å². The molecular weight excluding hydrogens is 292 g/mol. The van der Waals surface area contributed by atoms with Crippen LogP contribution in [0.1, 0.15) is 76.6 Å². The van der Waals surface area contributed by atoms with Gasteiger partial charge in [0.1, 0.15) is 0 Å². The van der Waals surface area contributed by atoms with Gasteiger partial charge in [-0.15, -0.1) is 0 Å². The molecule has 3 unspecified atom stereocenters. The molecule has 0 aromatic carbocycles. The smallest absolute Gasteiger partial charge is 0.0512 e. The van der Waals surface area contributed by atoms with Crippen molar-refractivity contribution < 1.29 is 0 Å². The third kappa shape index (κ3) is 2.70. The molecule has 2 aliphatic rings. The molecule has 1 aliphatic heterocycles. The molecule has 130 valence electrons. The molecule has 2 heteroatoms. The Hall–Kier alpha value is -1.57. The van der Waals surface area contributed by atoms with E-state index in [9.17, 15) is 0 Å². The van der Waals surface area contributed by atoms with Gasteiger partial charge in [0, 0.05) is 36.5 Å². The van der Waals surface area contributed by atoms with Crippen molar-refractivity contribution in [2.75, 3.05) is 7.05 Å². The Morgan fingerprint density at radius 3 is 2.50 bits per heavy atom. The second-order valence-electron chi connectivity index (χ2n) is 8.06. The number of likely N-dealkylation sites (N-methyl/N-ethyl adjacent to an activating group) is 1. The summed E-state index contributed by atoms with van der Waals surface area (Å²) in [6, 6.07) is 2.40. The van der Waals surface area contributed by atoms with Gasteiger partial charge in [0.2, 0.25) is 0 Å². The summed E-state index contributed by atoms with van der Waals surface area (Å²) in [4.78, 5) is 7.35. The van der Waals surface area contributed by atoms with Crippen LogP contribution < -0.4 is 0 Å². The normalized spacial score (nSPS) is 26.4. The van der Waals surface area contributed by atoms with Crippen LogP contribution in [0.5, 0.6) is 0 Å². The van der Waals surface area contributed by atoms with Crippen LogP contribution in [0.25, 0.3) is 0 Å². The van der Waals surface area contributed by atoms with Crippen LogP contribution in [0.15, 0.2) is 35.3 Å². The third-order valence-corrected chi connectivity index (χ3v) is 5.81. The fourth-order valence-electron chi connectivity index (χ4n) is 4.59. The van der Waals surface area contributed by atoms with Gasteiger partial charge in [-0.1, -0.05) is 53.7 Å². The lowest BCUT2D eigenvalue weighted by atomic mass is 9.72. The highest BCUT2D eigenvalue weighted by molar-refractivity contribution is 5.49. The summed E-state index contributed by atoms with van der Waals surface area (Å²) in [6.45, 7) is 13.9. The summed E-state index contributed by atoms with van der Waals surface area (Å²) in [5, 5.41) is 0. The zero-order valence-electron chi connectivity index (χ0n) is 16.4. The lowest BCUT2D eigenvalue weighted by molar-refractivity contribution is 0.388. The molecule has 0 saturated carbocycles. The molecular formula is C22H32N2. The van der Waals surface area contributed by atoms with Crippen LogP contribution in [-0.2, 0) is 6.42 Å². The fraction of sp³-hybridized carbons (Fsp3) is 0.591. The monoisotopic (exact) mass is 324 g/mol. The Balaban J connectivity index is 2.07. The molecule has 0 amide bonds. The topological polar surface area (TPSA) is 16.1 Å². The summed E-state index contributed by atoms with van der Waals surface area (Å²) < 4.78 is 0. The van der Waals surface area contributed by atoms with Crippen LogP contribution in [0.3, 0.4) is 0 Å². The quantitative estimate of drug-likeness (QED) is 0.716. The number of aromatic nitrogens is 1. The molecule has 0 N–H and O–H groups in total. The molecule has 3 rings (SSSR count). The van der Waals surface area contributed by atoms with Crippen molar-refractivity contribution in [3.05, 3.63) is 52.1 Å². The van der Waals surface area contributed by atoms with Gasteiger partial charge in [-0.3, -0.25) is 4.98 Å². The minimum Gasteiger partial charge on any atom is -0.351 e. The summed E-state index contributed by atoms with van der Waals surface area (Å²) >= 11 is 0. The lowest BCUT2D eigenvalue weighted by Crippen LogP contribution is -2.33. The second kappa shape index (κ2) is 6.38. The van der Waals surface area contributed by atoms with Gasteiger partial charge in [0.05, 0.1) is 5.69 Å². The zero-order chi connectivity index (χ0) is 17.6. The number of rotatable bonds is 3. The van der Waals surface area contributed by atoms with E-state index in [1.165, 1.54) is 28.2 Å². The van der Waals surface area contributed by atoms with Gasteiger partial charge in [-0.05, 0) is 41.4 Å². The number of allylic oxidation sites excluding steroid dienone is 4. The average molecular weight is 325 g/mol. The van der Waals surface area contributed by atoms with E-state index in [-0.39, 0.29) is 0 Å². The highest BCUT2D eigenvalue weighted by atomic mass is 15.1. The highest BCUT2D eigenvalue weighted by Gasteiger charge is 2.37. The van der Waals surface area contributed by atoms with E-state index in [1.54, 1.807) is 5.57 Å². The number of hydrogen-bond donors (Lipinski definition) is 0. The van der Waals surface area contributed by atoms with Gasteiger partial charge in [0.25, 0.3) is 0 Å². The Labute approximate surface area is 147 Å². The average Bonchev–Trinajstić information content (AvgIpc) is 2.54. The van der Waals surface area contributed by atoms with Crippen LogP contribution in [0.2, 0.25) is 0 Å². The first-order chi connectivity index (χ1) is 11.3. The van der Waals surface area contributed by atoms with E-state index in [2.05, 4.69) is 71.8 Å². The lowest BCUT2D eigenvalue weighted by Gasteiger charge is -2.43. The molecule has 0 fully saturated rings. The fourth-order valence-corrected chi connectivity index (χ4v) is 4.59. The number of fused-ring (bicyclic) bond motifs is 1. The van der Waals surface area contributed by atoms with Crippen LogP contribution in [0.4, 0.5) is 0 Å². The first-order valence-corrected chi connectivity index (χ1v) is 9.52. The van der Waals surface area contributed by atoms with Crippen LogP contribution >= 0.6 is 0 Å². The SMILES string of the molecule is CCc1cnc2c(c1)C(C)C1=C(C(C)C=C(CC(C)C)N1C)C2C. The van der Waals surface area contributed by atoms with E-state index in [1.807, 2.05) is 0 Å². The summed E-state index contributed by atoms with van der Waals surface area (Å²) in [5.74, 6) is 2.02. The van der Waals surface area contributed by atoms with E-state index in [0.717, 1.165) is 12.8 Å². The Morgan fingerprint density at radius 1 is 1.17 bits per heavy atom. The van der Waals surface area contributed by atoms with Crippen molar-refractivity contribution in [2.24, 2.45) is 11.8 Å². The first kappa shape index (κ1) is 17.3. The maximum Gasteiger partial charge on any atom is 0.0512 e. The molecule has 0 saturated heterocycles. The van der Waals surface area contributed by atoms with Crippen molar-refractivity contribution in [3.63, 3.8) is 0 Å². The van der Waals surface area contributed by atoms with Gasteiger partial charge >= 0.3 is 0 Å². The van der Waals surface area contributed by atoms with Crippen molar-refractivity contribution in [3.8, 4) is 0 Å². The zero-order valence-corrected chi connectivity index (χ0v) is 16.4. The molecule has 0 bridgehead atoms. The Kier molecular flexibility index (Phi) is 4.59. The number of nitrogens with zero attached hydrogens (tertiary/aromatic N) is 2. The second-order valence-corrected chi connectivity index (χ2v) is 8.06. The predicted octanol–water partition coefficient (Wildman–Crippen LogP) is 5.63. The molecule has 2 nitrogen and oxygen atoms in total. The van der Waals surface area contributed by atoms with Crippen molar-refractivity contribution in [1.29, 1.82) is 0 Å².